The highest BCUT2D eigenvalue weighted by molar-refractivity contribution is 6.30. The van der Waals surface area contributed by atoms with E-state index in [9.17, 15) is 9.90 Å². The second-order valence-corrected chi connectivity index (χ2v) is 5.84. The molecule has 0 saturated carbocycles. The quantitative estimate of drug-likeness (QED) is 0.864. The third kappa shape index (κ3) is 5.07. The van der Waals surface area contributed by atoms with Gasteiger partial charge in [0, 0.05) is 17.1 Å². The van der Waals surface area contributed by atoms with Crippen molar-refractivity contribution in [2.24, 2.45) is 5.41 Å². The zero-order valence-electron chi connectivity index (χ0n) is 11.0. The van der Waals surface area contributed by atoms with E-state index in [-0.39, 0.29) is 17.4 Å². The number of halogens is 1. The van der Waals surface area contributed by atoms with Gasteiger partial charge in [0.15, 0.2) is 0 Å². The van der Waals surface area contributed by atoms with Crippen LogP contribution in [0, 0.1) is 5.41 Å². The third-order valence-electron chi connectivity index (χ3n) is 2.68. The largest absolute Gasteiger partial charge is 0.393 e. The average molecular weight is 270 g/mol. The molecule has 2 N–H and O–H groups in total. The van der Waals surface area contributed by atoms with Crippen LogP contribution in [0.1, 0.15) is 37.6 Å². The Labute approximate surface area is 113 Å². The van der Waals surface area contributed by atoms with Crippen LogP contribution in [0.25, 0.3) is 0 Å². The lowest BCUT2D eigenvalue weighted by Gasteiger charge is -2.26. The number of hydrogen-bond acceptors (Lipinski definition) is 2. The van der Waals surface area contributed by atoms with Crippen molar-refractivity contribution in [1.82, 2.24) is 5.32 Å². The van der Waals surface area contributed by atoms with Crippen molar-refractivity contribution in [1.29, 1.82) is 0 Å². The molecule has 3 nitrogen and oxygen atoms in total. The Kier molecular flexibility index (Phi) is 5.17. The summed E-state index contributed by atoms with van der Waals surface area (Å²) in [5.74, 6) is -0.120. The number of amides is 1. The zero-order valence-corrected chi connectivity index (χ0v) is 11.8. The normalized spacial score (nSPS) is 13.2. The molecule has 18 heavy (non-hydrogen) atoms. The highest BCUT2D eigenvalue weighted by Crippen LogP contribution is 2.21. The lowest BCUT2D eigenvalue weighted by Crippen LogP contribution is -2.35. The first-order valence-corrected chi connectivity index (χ1v) is 6.40. The summed E-state index contributed by atoms with van der Waals surface area (Å²) in [5, 5.41) is 12.9. The standard InChI is InChI=1S/C14H20ClNO2/c1-10(17)8-14(2,3)9-16-13(18)11-4-6-12(15)7-5-11/h4-7,10,17H,8-9H2,1-3H3,(H,16,18). The van der Waals surface area contributed by atoms with E-state index < -0.39 is 0 Å². The number of hydrogen-bond donors (Lipinski definition) is 2. The molecule has 1 amide bonds. The summed E-state index contributed by atoms with van der Waals surface area (Å²) in [6.07, 6.45) is 0.279. The van der Waals surface area contributed by atoms with E-state index in [1.807, 2.05) is 13.8 Å². The van der Waals surface area contributed by atoms with Gasteiger partial charge >= 0.3 is 0 Å². The Morgan fingerprint density at radius 1 is 1.39 bits per heavy atom. The summed E-state index contributed by atoms with van der Waals surface area (Å²) in [6, 6.07) is 6.77. The monoisotopic (exact) mass is 269 g/mol. The van der Waals surface area contributed by atoms with Crippen molar-refractivity contribution in [3.63, 3.8) is 0 Å². The fourth-order valence-electron chi connectivity index (χ4n) is 1.89. The van der Waals surface area contributed by atoms with Crippen molar-refractivity contribution in [3.05, 3.63) is 34.9 Å². The summed E-state index contributed by atoms with van der Waals surface area (Å²) < 4.78 is 0. The average Bonchev–Trinajstić information content (AvgIpc) is 2.25. The molecular weight excluding hydrogens is 250 g/mol. The Morgan fingerprint density at radius 3 is 2.44 bits per heavy atom. The molecule has 0 aliphatic heterocycles. The number of carbonyl (C=O) groups excluding carboxylic acids is 1. The van der Waals surface area contributed by atoms with Gasteiger partial charge in [-0.1, -0.05) is 25.4 Å². The minimum Gasteiger partial charge on any atom is -0.393 e. The molecule has 1 unspecified atom stereocenters. The smallest absolute Gasteiger partial charge is 0.251 e. The molecule has 1 aromatic rings. The molecule has 4 heteroatoms. The number of rotatable bonds is 5. The molecule has 100 valence electrons. The molecule has 1 atom stereocenters. The van der Waals surface area contributed by atoms with Gasteiger partial charge in [0.2, 0.25) is 0 Å². The zero-order chi connectivity index (χ0) is 13.8. The molecule has 0 bridgehead atoms. The van der Waals surface area contributed by atoms with Crippen molar-refractivity contribution in [2.75, 3.05) is 6.54 Å². The Morgan fingerprint density at radius 2 is 1.94 bits per heavy atom. The fraction of sp³-hybridized carbons (Fsp3) is 0.500. The topological polar surface area (TPSA) is 49.3 Å². The number of nitrogens with one attached hydrogen (secondary N) is 1. The Bertz CT molecular complexity index is 399. The van der Waals surface area contributed by atoms with Crippen molar-refractivity contribution in [3.8, 4) is 0 Å². The molecule has 0 heterocycles. The SMILES string of the molecule is CC(O)CC(C)(C)CNC(=O)c1ccc(Cl)cc1. The predicted octanol–water partition coefficient (Wildman–Crippen LogP) is 2.87. The molecule has 0 fully saturated rings. The van der Waals surface area contributed by atoms with Gasteiger partial charge in [-0.2, -0.15) is 0 Å². The summed E-state index contributed by atoms with van der Waals surface area (Å²) in [4.78, 5) is 11.9. The van der Waals surface area contributed by atoms with Gasteiger partial charge in [-0.05, 0) is 43.0 Å². The Hall–Kier alpha value is -1.06. The van der Waals surface area contributed by atoms with E-state index in [0.717, 1.165) is 0 Å². The lowest BCUT2D eigenvalue weighted by molar-refractivity contribution is 0.0902. The first-order chi connectivity index (χ1) is 8.30. The summed E-state index contributed by atoms with van der Waals surface area (Å²) in [6.45, 7) is 6.31. The maximum Gasteiger partial charge on any atom is 0.251 e. The van der Waals surface area contributed by atoms with Crippen LogP contribution in [0.5, 0.6) is 0 Å². The van der Waals surface area contributed by atoms with E-state index in [2.05, 4.69) is 5.32 Å². The minimum atomic E-state index is -0.368. The van der Waals surface area contributed by atoms with Crippen molar-refractivity contribution in [2.45, 2.75) is 33.3 Å². The summed E-state index contributed by atoms with van der Waals surface area (Å²) >= 11 is 5.76. The van der Waals surface area contributed by atoms with Crippen LogP contribution in [0.2, 0.25) is 5.02 Å². The number of carbonyl (C=O) groups is 1. The molecule has 0 radical (unpaired) electrons. The van der Waals surface area contributed by atoms with Crippen LogP contribution >= 0.6 is 11.6 Å². The highest BCUT2D eigenvalue weighted by Gasteiger charge is 2.21. The summed E-state index contributed by atoms with van der Waals surface area (Å²) in [7, 11) is 0. The van der Waals surface area contributed by atoms with E-state index in [0.29, 0.717) is 23.6 Å². The van der Waals surface area contributed by atoms with Gasteiger partial charge < -0.3 is 10.4 Å². The van der Waals surface area contributed by atoms with Crippen molar-refractivity contribution >= 4 is 17.5 Å². The summed E-state index contributed by atoms with van der Waals surface area (Å²) in [5.41, 5.74) is 0.461. The maximum atomic E-state index is 11.9. The first kappa shape index (κ1) is 15.0. The molecule has 0 aromatic heterocycles. The molecule has 0 spiro atoms. The van der Waals surface area contributed by atoms with Crippen LogP contribution in [-0.2, 0) is 0 Å². The van der Waals surface area contributed by atoms with Crippen LogP contribution in [0.15, 0.2) is 24.3 Å². The predicted molar refractivity (Wildman–Crippen MR) is 73.9 cm³/mol. The Balaban J connectivity index is 2.53. The van der Waals surface area contributed by atoms with E-state index >= 15 is 0 Å². The van der Waals surface area contributed by atoms with Gasteiger partial charge in [0.1, 0.15) is 0 Å². The van der Waals surface area contributed by atoms with Gasteiger partial charge in [-0.15, -0.1) is 0 Å². The highest BCUT2D eigenvalue weighted by atomic mass is 35.5. The number of aliphatic hydroxyl groups excluding tert-OH is 1. The fourth-order valence-corrected chi connectivity index (χ4v) is 2.02. The molecule has 0 saturated heterocycles. The van der Waals surface area contributed by atoms with Gasteiger partial charge in [0.25, 0.3) is 5.91 Å². The molecule has 1 aromatic carbocycles. The molecule has 0 aliphatic rings. The van der Waals surface area contributed by atoms with Crippen LogP contribution in [-0.4, -0.2) is 23.7 Å². The van der Waals surface area contributed by atoms with Gasteiger partial charge in [-0.3, -0.25) is 4.79 Å². The first-order valence-electron chi connectivity index (χ1n) is 6.02. The third-order valence-corrected chi connectivity index (χ3v) is 2.93. The van der Waals surface area contributed by atoms with E-state index in [1.165, 1.54) is 0 Å². The second kappa shape index (κ2) is 6.21. The van der Waals surface area contributed by atoms with Crippen molar-refractivity contribution < 1.29 is 9.90 Å². The lowest BCUT2D eigenvalue weighted by atomic mass is 9.87. The number of aliphatic hydroxyl groups is 1. The number of benzene rings is 1. The van der Waals surface area contributed by atoms with Crippen LogP contribution in [0.3, 0.4) is 0 Å². The van der Waals surface area contributed by atoms with Gasteiger partial charge in [-0.25, -0.2) is 0 Å². The minimum absolute atomic E-state index is 0.120. The van der Waals surface area contributed by atoms with Crippen LogP contribution < -0.4 is 5.32 Å². The molecular formula is C14H20ClNO2. The second-order valence-electron chi connectivity index (χ2n) is 5.41. The van der Waals surface area contributed by atoms with E-state index in [4.69, 9.17) is 11.6 Å². The van der Waals surface area contributed by atoms with E-state index in [1.54, 1.807) is 31.2 Å². The molecule has 1 rings (SSSR count). The van der Waals surface area contributed by atoms with Gasteiger partial charge in [0.05, 0.1) is 6.10 Å². The molecule has 0 aliphatic carbocycles. The van der Waals surface area contributed by atoms with Crippen LogP contribution in [0.4, 0.5) is 0 Å². The maximum absolute atomic E-state index is 11.9.